The van der Waals surface area contributed by atoms with Crippen LogP contribution in [-0.4, -0.2) is 23.4 Å². The molecule has 0 amide bonds. The first-order valence-electron chi connectivity index (χ1n) is 5.76. The normalized spacial score (nSPS) is 10.9. The monoisotopic (exact) mass is 311 g/mol. The van der Waals surface area contributed by atoms with Gasteiger partial charge in [0.05, 0.1) is 10.2 Å². The summed E-state index contributed by atoms with van der Waals surface area (Å²) in [6, 6.07) is 6.68. The fourth-order valence-corrected chi connectivity index (χ4v) is 2.62. The van der Waals surface area contributed by atoms with Crippen LogP contribution in [-0.2, 0) is 13.5 Å². The van der Waals surface area contributed by atoms with Crippen molar-refractivity contribution in [3.63, 3.8) is 0 Å². The number of benzene rings is 1. The standard InChI is InChI=1S/C13H15BrFN3/c1-16-8-7-11-12(14)13(17-18(11)2)9-5-3-4-6-10(9)15/h3-6,16H,7-8H2,1-2H3. The van der Waals surface area contributed by atoms with Crippen molar-refractivity contribution >= 4 is 15.9 Å². The van der Waals surface area contributed by atoms with Crippen molar-refractivity contribution in [2.24, 2.45) is 7.05 Å². The van der Waals surface area contributed by atoms with E-state index in [4.69, 9.17) is 0 Å². The molecule has 5 heteroatoms. The first-order chi connectivity index (χ1) is 8.65. The number of aryl methyl sites for hydroxylation is 1. The second-order valence-corrected chi connectivity index (χ2v) is 4.86. The number of nitrogens with one attached hydrogen (secondary N) is 1. The Morgan fingerprint density at radius 3 is 2.78 bits per heavy atom. The summed E-state index contributed by atoms with van der Waals surface area (Å²) in [5.74, 6) is -0.253. The minimum atomic E-state index is -0.253. The summed E-state index contributed by atoms with van der Waals surface area (Å²) < 4.78 is 16.4. The number of rotatable bonds is 4. The van der Waals surface area contributed by atoms with Gasteiger partial charge in [-0.15, -0.1) is 0 Å². The Morgan fingerprint density at radius 1 is 1.39 bits per heavy atom. The summed E-state index contributed by atoms with van der Waals surface area (Å²) in [4.78, 5) is 0. The molecule has 0 aliphatic heterocycles. The fourth-order valence-electron chi connectivity index (χ4n) is 1.87. The molecule has 0 spiro atoms. The smallest absolute Gasteiger partial charge is 0.132 e. The Kier molecular flexibility index (Phi) is 4.14. The quantitative estimate of drug-likeness (QED) is 0.941. The summed E-state index contributed by atoms with van der Waals surface area (Å²) in [6.45, 7) is 0.856. The Balaban J connectivity index is 2.44. The van der Waals surface area contributed by atoms with Gasteiger partial charge in [-0.1, -0.05) is 12.1 Å². The summed E-state index contributed by atoms with van der Waals surface area (Å²) in [5.41, 5.74) is 2.24. The lowest BCUT2D eigenvalue weighted by atomic mass is 10.1. The molecule has 18 heavy (non-hydrogen) atoms. The van der Waals surface area contributed by atoms with Crippen LogP contribution in [0, 0.1) is 5.82 Å². The van der Waals surface area contributed by atoms with Gasteiger partial charge in [0.1, 0.15) is 11.5 Å². The second-order valence-electron chi connectivity index (χ2n) is 4.07. The number of aromatic nitrogens is 2. The molecule has 0 bridgehead atoms. The van der Waals surface area contributed by atoms with Gasteiger partial charge in [-0.3, -0.25) is 4.68 Å². The number of hydrogen-bond acceptors (Lipinski definition) is 2. The Hall–Kier alpha value is -1.20. The molecular formula is C13H15BrFN3. The molecule has 0 aliphatic carbocycles. The molecule has 0 aliphatic rings. The molecule has 3 nitrogen and oxygen atoms in total. The van der Waals surface area contributed by atoms with Crippen LogP contribution in [0.4, 0.5) is 4.39 Å². The molecule has 1 aromatic heterocycles. The lowest BCUT2D eigenvalue weighted by Gasteiger charge is -2.01. The first kappa shape index (κ1) is 13.2. The van der Waals surface area contributed by atoms with E-state index < -0.39 is 0 Å². The highest BCUT2D eigenvalue weighted by Gasteiger charge is 2.17. The van der Waals surface area contributed by atoms with Crippen molar-refractivity contribution in [3.8, 4) is 11.3 Å². The molecule has 96 valence electrons. The van der Waals surface area contributed by atoms with Gasteiger partial charge < -0.3 is 5.32 Å². The van der Waals surface area contributed by atoms with Crippen LogP contribution in [0.1, 0.15) is 5.69 Å². The maximum atomic E-state index is 13.8. The van der Waals surface area contributed by atoms with Crippen molar-refractivity contribution in [1.82, 2.24) is 15.1 Å². The van der Waals surface area contributed by atoms with E-state index in [0.717, 1.165) is 23.1 Å². The highest BCUT2D eigenvalue weighted by molar-refractivity contribution is 9.10. The molecule has 0 unspecified atom stereocenters. The van der Waals surface area contributed by atoms with Gasteiger partial charge in [0.2, 0.25) is 0 Å². The SMILES string of the molecule is CNCCc1c(Br)c(-c2ccccc2F)nn1C. The van der Waals surface area contributed by atoms with Crippen LogP contribution >= 0.6 is 15.9 Å². The predicted octanol–water partition coefficient (Wildman–Crippen LogP) is 2.75. The molecule has 1 N–H and O–H groups in total. The van der Waals surface area contributed by atoms with Crippen LogP contribution in [0.2, 0.25) is 0 Å². The highest BCUT2D eigenvalue weighted by Crippen LogP contribution is 2.31. The molecule has 0 radical (unpaired) electrons. The molecule has 1 heterocycles. The van der Waals surface area contributed by atoms with Crippen molar-refractivity contribution in [2.45, 2.75) is 6.42 Å². The molecule has 0 saturated heterocycles. The second kappa shape index (κ2) is 5.63. The topological polar surface area (TPSA) is 29.9 Å². The van der Waals surface area contributed by atoms with Crippen LogP contribution < -0.4 is 5.32 Å². The van der Waals surface area contributed by atoms with Gasteiger partial charge in [-0.2, -0.15) is 5.10 Å². The zero-order valence-corrected chi connectivity index (χ0v) is 12.0. The molecule has 0 fully saturated rings. The maximum Gasteiger partial charge on any atom is 0.132 e. The molecular weight excluding hydrogens is 297 g/mol. The third-order valence-corrected chi connectivity index (χ3v) is 3.68. The average molecular weight is 312 g/mol. The van der Waals surface area contributed by atoms with E-state index >= 15 is 0 Å². The van der Waals surface area contributed by atoms with Crippen molar-refractivity contribution in [2.75, 3.05) is 13.6 Å². The van der Waals surface area contributed by atoms with E-state index in [9.17, 15) is 4.39 Å². The van der Waals surface area contributed by atoms with Gasteiger partial charge in [0.25, 0.3) is 0 Å². The molecule has 0 atom stereocenters. The summed E-state index contributed by atoms with van der Waals surface area (Å²) in [6.07, 6.45) is 0.842. The van der Waals surface area contributed by atoms with E-state index in [1.165, 1.54) is 6.07 Å². The Labute approximate surface area is 114 Å². The summed E-state index contributed by atoms with van der Waals surface area (Å²) in [7, 11) is 3.78. The van der Waals surface area contributed by atoms with Gasteiger partial charge in [0, 0.05) is 25.6 Å². The predicted molar refractivity (Wildman–Crippen MR) is 73.9 cm³/mol. The highest BCUT2D eigenvalue weighted by atomic mass is 79.9. The zero-order chi connectivity index (χ0) is 13.1. The fraction of sp³-hybridized carbons (Fsp3) is 0.308. The number of hydrogen-bond donors (Lipinski definition) is 1. The van der Waals surface area contributed by atoms with Gasteiger partial charge >= 0.3 is 0 Å². The minimum Gasteiger partial charge on any atom is -0.319 e. The molecule has 2 rings (SSSR count). The maximum absolute atomic E-state index is 13.8. The zero-order valence-electron chi connectivity index (χ0n) is 10.4. The van der Waals surface area contributed by atoms with Crippen LogP contribution in [0.3, 0.4) is 0 Å². The van der Waals surface area contributed by atoms with E-state index in [-0.39, 0.29) is 5.82 Å². The van der Waals surface area contributed by atoms with Crippen molar-refractivity contribution in [3.05, 3.63) is 40.2 Å². The summed E-state index contributed by atoms with van der Waals surface area (Å²) >= 11 is 3.53. The Morgan fingerprint density at radius 2 is 2.11 bits per heavy atom. The van der Waals surface area contributed by atoms with E-state index in [0.29, 0.717) is 11.3 Å². The summed E-state index contributed by atoms with van der Waals surface area (Å²) in [5, 5.41) is 7.49. The van der Waals surface area contributed by atoms with Gasteiger partial charge in [-0.25, -0.2) is 4.39 Å². The van der Waals surface area contributed by atoms with Crippen LogP contribution in [0.5, 0.6) is 0 Å². The van der Waals surface area contributed by atoms with Crippen LogP contribution in [0.25, 0.3) is 11.3 Å². The van der Waals surface area contributed by atoms with Gasteiger partial charge in [-0.05, 0) is 35.1 Å². The molecule has 2 aromatic rings. The average Bonchev–Trinajstić information content (AvgIpc) is 2.63. The lowest BCUT2D eigenvalue weighted by molar-refractivity contribution is 0.629. The van der Waals surface area contributed by atoms with Gasteiger partial charge in [0.15, 0.2) is 0 Å². The number of likely N-dealkylation sites (N-methyl/N-ethyl adjacent to an activating group) is 1. The van der Waals surface area contributed by atoms with E-state index in [1.54, 1.807) is 16.8 Å². The third-order valence-electron chi connectivity index (χ3n) is 2.84. The number of nitrogens with zero attached hydrogens (tertiary/aromatic N) is 2. The van der Waals surface area contributed by atoms with Crippen molar-refractivity contribution in [1.29, 1.82) is 0 Å². The largest absolute Gasteiger partial charge is 0.319 e. The molecule has 0 saturated carbocycles. The lowest BCUT2D eigenvalue weighted by Crippen LogP contribution is -2.12. The molecule has 1 aromatic carbocycles. The number of halogens is 2. The van der Waals surface area contributed by atoms with Crippen LogP contribution in [0.15, 0.2) is 28.7 Å². The first-order valence-corrected chi connectivity index (χ1v) is 6.55. The third kappa shape index (κ3) is 2.47. The van der Waals surface area contributed by atoms with E-state index in [1.807, 2.05) is 20.2 Å². The Bertz CT molecular complexity index is 551. The minimum absolute atomic E-state index is 0.253. The van der Waals surface area contributed by atoms with Crippen molar-refractivity contribution < 1.29 is 4.39 Å². The van der Waals surface area contributed by atoms with E-state index in [2.05, 4.69) is 26.3 Å².